The lowest BCUT2D eigenvalue weighted by molar-refractivity contribution is -0.140. The first-order valence-corrected chi connectivity index (χ1v) is 10.3. The third kappa shape index (κ3) is 4.48. The standard InChI is InChI=1S/C23H28N2O4/c1-3-19(29-20-7-5-4-6-17(20)2)23(26)25-12-10-24(11-13-25)15-18-8-9-21-22(14-18)28-16-27-21/h4-9,14,19H,3,10-13,15-16H2,1-2H3/t19-/m0/s1. The molecule has 0 aromatic heterocycles. The van der Waals surface area contributed by atoms with Gasteiger partial charge in [0.25, 0.3) is 5.91 Å². The van der Waals surface area contributed by atoms with Crippen molar-refractivity contribution in [2.24, 2.45) is 0 Å². The molecule has 0 aliphatic carbocycles. The van der Waals surface area contributed by atoms with Gasteiger partial charge in [0.05, 0.1) is 0 Å². The van der Waals surface area contributed by atoms with E-state index in [1.807, 2.05) is 55.1 Å². The number of fused-ring (bicyclic) bond motifs is 1. The monoisotopic (exact) mass is 396 g/mol. The highest BCUT2D eigenvalue weighted by atomic mass is 16.7. The molecule has 0 bridgehead atoms. The van der Waals surface area contributed by atoms with E-state index in [2.05, 4.69) is 11.0 Å². The van der Waals surface area contributed by atoms with Crippen LogP contribution in [-0.2, 0) is 11.3 Å². The molecule has 1 atom stereocenters. The van der Waals surface area contributed by atoms with Crippen LogP contribution in [-0.4, -0.2) is 54.8 Å². The molecule has 6 nitrogen and oxygen atoms in total. The molecule has 1 saturated heterocycles. The average Bonchev–Trinajstić information content (AvgIpc) is 3.21. The van der Waals surface area contributed by atoms with Gasteiger partial charge >= 0.3 is 0 Å². The first-order chi connectivity index (χ1) is 14.1. The van der Waals surface area contributed by atoms with Crippen LogP contribution in [0.25, 0.3) is 0 Å². The highest BCUT2D eigenvalue weighted by molar-refractivity contribution is 5.81. The number of carbonyl (C=O) groups excluding carboxylic acids is 1. The van der Waals surface area contributed by atoms with E-state index in [0.717, 1.165) is 55.5 Å². The van der Waals surface area contributed by atoms with Gasteiger partial charge in [-0.2, -0.15) is 0 Å². The van der Waals surface area contributed by atoms with E-state index in [1.165, 1.54) is 5.56 Å². The number of hydrogen-bond acceptors (Lipinski definition) is 5. The summed E-state index contributed by atoms with van der Waals surface area (Å²) in [6, 6.07) is 13.9. The molecule has 2 aliphatic heterocycles. The Labute approximate surface area is 172 Å². The molecule has 0 saturated carbocycles. The van der Waals surface area contributed by atoms with Crippen molar-refractivity contribution in [1.82, 2.24) is 9.80 Å². The number of amides is 1. The predicted octanol–water partition coefficient (Wildman–Crippen LogP) is 3.23. The molecule has 1 amide bonds. The van der Waals surface area contributed by atoms with E-state index in [0.29, 0.717) is 13.2 Å². The van der Waals surface area contributed by atoms with Gasteiger partial charge in [0, 0.05) is 32.7 Å². The molecule has 29 heavy (non-hydrogen) atoms. The van der Waals surface area contributed by atoms with Gasteiger partial charge in [-0.05, 0) is 42.7 Å². The maximum absolute atomic E-state index is 13.0. The van der Waals surface area contributed by atoms with E-state index in [1.54, 1.807) is 0 Å². The Balaban J connectivity index is 1.31. The van der Waals surface area contributed by atoms with Crippen LogP contribution in [0.2, 0.25) is 0 Å². The minimum atomic E-state index is -0.434. The molecule has 0 radical (unpaired) electrons. The topological polar surface area (TPSA) is 51.2 Å². The van der Waals surface area contributed by atoms with Crippen molar-refractivity contribution < 1.29 is 19.0 Å². The summed E-state index contributed by atoms with van der Waals surface area (Å²) in [5.74, 6) is 2.49. The lowest BCUT2D eigenvalue weighted by atomic mass is 10.1. The lowest BCUT2D eigenvalue weighted by Crippen LogP contribution is -2.52. The Kier molecular flexibility index (Phi) is 5.90. The fourth-order valence-electron chi connectivity index (χ4n) is 3.78. The highest BCUT2D eigenvalue weighted by Gasteiger charge is 2.28. The Hall–Kier alpha value is -2.73. The second-order valence-electron chi connectivity index (χ2n) is 7.57. The molecule has 2 aliphatic rings. The molecular formula is C23H28N2O4. The number of nitrogens with zero attached hydrogens (tertiary/aromatic N) is 2. The normalized spacial score (nSPS) is 17.2. The van der Waals surface area contributed by atoms with Gasteiger partial charge < -0.3 is 19.1 Å². The van der Waals surface area contributed by atoms with Crippen LogP contribution in [0, 0.1) is 6.92 Å². The van der Waals surface area contributed by atoms with Crippen molar-refractivity contribution in [2.75, 3.05) is 33.0 Å². The lowest BCUT2D eigenvalue weighted by Gasteiger charge is -2.36. The molecule has 2 heterocycles. The van der Waals surface area contributed by atoms with E-state index < -0.39 is 6.10 Å². The van der Waals surface area contributed by atoms with Gasteiger partial charge in [0.2, 0.25) is 6.79 Å². The van der Waals surface area contributed by atoms with Gasteiger partial charge in [0.1, 0.15) is 5.75 Å². The largest absolute Gasteiger partial charge is 0.480 e. The van der Waals surface area contributed by atoms with Gasteiger partial charge in [-0.25, -0.2) is 0 Å². The highest BCUT2D eigenvalue weighted by Crippen LogP contribution is 2.32. The molecule has 1 fully saturated rings. The molecule has 0 spiro atoms. The van der Waals surface area contributed by atoms with Crippen molar-refractivity contribution in [3.05, 3.63) is 53.6 Å². The van der Waals surface area contributed by atoms with Gasteiger partial charge in [-0.1, -0.05) is 31.2 Å². The number of hydrogen-bond donors (Lipinski definition) is 0. The second-order valence-corrected chi connectivity index (χ2v) is 7.57. The third-order valence-corrected chi connectivity index (χ3v) is 5.54. The zero-order valence-electron chi connectivity index (χ0n) is 17.1. The van der Waals surface area contributed by atoms with Gasteiger partial charge in [0.15, 0.2) is 17.6 Å². The summed E-state index contributed by atoms with van der Waals surface area (Å²) < 4.78 is 16.9. The van der Waals surface area contributed by atoms with E-state index >= 15 is 0 Å². The number of carbonyl (C=O) groups is 1. The molecule has 154 valence electrons. The number of ether oxygens (including phenoxy) is 3. The zero-order chi connectivity index (χ0) is 20.2. The number of para-hydroxylation sites is 1. The van der Waals surface area contributed by atoms with Crippen LogP contribution < -0.4 is 14.2 Å². The summed E-state index contributed by atoms with van der Waals surface area (Å²) in [6.45, 7) is 8.27. The van der Waals surface area contributed by atoms with Crippen molar-refractivity contribution in [1.29, 1.82) is 0 Å². The molecule has 2 aromatic carbocycles. The first-order valence-electron chi connectivity index (χ1n) is 10.3. The van der Waals surface area contributed by atoms with Crippen molar-refractivity contribution in [2.45, 2.75) is 32.9 Å². The molecule has 4 rings (SSSR count). The fraction of sp³-hybridized carbons (Fsp3) is 0.435. The summed E-state index contributed by atoms with van der Waals surface area (Å²) in [5, 5.41) is 0. The van der Waals surface area contributed by atoms with Crippen LogP contribution in [0.5, 0.6) is 17.2 Å². The SMILES string of the molecule is CC[C@H](Oc1ccccc1C)C(=O)N1CCN(Cc2ccc3c(c2)OCO3)CC1. The summed E-state index contributed by atoms with van der Waals surface area (Å²) in [7, 11) is 0. The summed E-state index contributed by atoms with van der Waals surface area (Å²) in [6.07, 6.45) is 0.224. The number of rotatable bonds is 6. The summed E-state index contributed by atoms with van der Waals surface area (Å²) in [5.41, 5.74) is 2.25. The van der Waals surface area contributed by atoms with E-state index in [-0.39, 0.29) is 5.91 Å². The van der Waals surface area contributed by atoms with Crippen LogP contribution in [0.15, 0.2) is 42.5 Å². The Morgan fingerprint density at radius 1 is 1.07 bits per heavy atom. The van der Waals surface area contributed by atoms with E-state index in [4.69, 9.17) is 14.2 Å². The smallest absolute Gasteiger partial charge is 0.263 e. The molecular weight excluding hydrogens is 368 g/mol. The maximum Gasteiger partial charge on any atom is 0.263 e. The number of aryl methyl sites for hydroxylation is 1. The quantitative estimate of drug-likeness (QED) is 0.750. The molecule has 0 N–H and O–H groups in total. The Bertz CT molecular complexity index is 862. The van der Waals surface area contributed by atoms with Gasteiger partial charge in [-0.3, -0.25) is 9.69 Å². The van der Waals surface area contributed by atoms with E-state index in [9.17, 15) is 4.79 Å². The first kappa shape index (κ1) is 19.6. The summed E-state index contributed by atoms with van der Waals surface area (Å²) >= 11 is 0. The van der Waals surface area contributed by atoms with Crippen LogP contribution in [0.4, 0.5) is 0 Å². The van der Waals surface area contributed by atoms with Crippen molar-refractivity contribution in [3.8, 4) is 17.2 Å². The molecule has 0 unspecified atom stereocenters. The average molecular weight is 396 g/mol. The Morgan fingerprint density at radius 3 is 2.59 bits per heavy atom. The number of benzene rings is 2. The Morgan fingerprint density at radius 2 is 1.83 bits per heavy atom. The predicted molar refractivity (Wildman–Crippen MR) is 110 cm³/mol. The van der Waals surface area contributed by atoms with Crippen LogP contribution in [0.3, 0.4) is 0 Å². The molecule has 2 aromatic rings. The third-order valence-electron chi connectivity index (χ3n) is 5.54. The maximum atomic E-state index is 13.0. The van der Waals surface area contributed by atoms with Crippen molar-refractivity contribution >= 4 is 5.91 Å². The summed E-state index contributed by atoms with van der Waals surface area (Å²) in [4.78, 5) is 17.3. The van der Waals surface area contributed by atoms with Crippen LogP contribution in [0.1, 0.15) is 24.5 Å². The molecule has 6 heteroatoms. The fourth-order valence-corrected chi connectivity index (χ4v) is 3.78. The zero-order valence-corrected chi connectivity index (χ0v) is 17.1. The van der Waals surface area contributed by atoms with Crippen molar-refractivity contribution in [3.63, 3.8) is 0 Å². The minimum Gasteiger partial charge on any atom is -0.480 e. The number of piperazine rings is 1. The van der Waals surface area contributed by atoms with Crippen LogP contribution >= 0.6 is 0 Å². The van der Waals surface area contributed by atoms with Gasteiger partial charge in [-0.15, -0.1) is 0 Å². The second kappa shape index (κ2) is 8.74. The minimum absolute atomic E-state index is 0.0819.